The number of para-hydroxylation sites is 1. The van der Waals surface area contributed by atoms with E-state index in [-0.39, 0.29) is 0 Å². The molecule has 2 nitrogen and oxygen atoms in total. The van der Waals surface area contributed by atoms with Crippen LogP contribution in [0.25, 0.3) is 0 Å². The van der Waals surface area contributed by atoms with Gasteiger partial charge in [-0.3, -0.25) is 0 Å². The maximum Gasteiger partial charge on any atom is 0.0398 e. The first-order chi connectivity index (χ1) is 8.93. The Hall–Kier alpha value is -1.02. The molecule has 2 aliphatic heterocycles. The van der Waals surface area contributed by atoms with Crippen LogP contribution in [0.2, 0.25) is 0 Å². The number of nitrogens with zero attached hydrogens (tertiary/aromatic N) is 1. The lowest BCUT2D eigenvalue weighted by Crippen LogP contribution is -2.29. The predicted molar refractivity (Wildman–Crippen MR) is 77.2 cm³/mol. The fourth-order valence-electron chi connectivity index (χ4n) is 3.35. The molecule has 0 aromatic heterocycles. The minimum absolute atomic E-state index is 0.884. The fraction of sp³-hybridized carbons (Fsp3) is 0.625. The Balaban J connectivity index is 1.73. The number of benzene rings is 1. The van der Waals surface area contributed by atoms with Gasteiger partial charge in [0.2, 0.25) is 0 Å². The third-order valence-electron chi connectivity index (χ3n) is 4.41. The minimum atomic E-state index is 0.884. The second-order valence-electron chi connectivity index (χ2n) is 5.72. The van der Waals surface area contributed by atoms with Crippen molar-refractivity contribution in [1.82, 2.24) is 5.32 Å². The van der Waals surface area contributed by atoms with Crippen LogP contribution in [0.3, 0.4) is 0 Å². The zero-order valence-electron chi connectivity index (χ0n) is 11.2. The summed E-state index contributed by atoms with van der Waals surface area (Å²) in [6.45, 7) is 4.92. The van der Waals surface area contributed by atoms with Crippen LogP contribution < -0.4 is 10.2 Å². The summed E-state index contributed by atoms with van der Waals surface area (Å²) in [5.74, 6) is 0.884. The fourth-order valence-corrected chi connectivity index (χ4v) is 3.35. The molecule has 1 N–H and O–H groups in total. The lowest BCUT2D eigenvalue weighted by molar-refractivity contribution is 0.373. The highest BCUT2D eigenvalue weighted by Gasteiger charge is 2.19. The molecule has 0 aliphatic carbocycles. The summed E-state index contributed by atoms with van der Waals surface area (Å²) < 4.78 is 0. The maximum absolute atomic E-state index is 3.46. The molecule has 1 aromatic rings. The van der Waals surface area contributed by atoms with Gasteiger partial charge in [0.25, 0.3) is 0 Å². The molecule has 0 saturated carbocycles. The van der Waals surface area contributed by atoms with E-state index in [9.17, 15) is 0 Å². The van der Waals surface area contributed by atoms with Crippen molar-refractivity contribution in [2.75, 3.05) is 31.1 Å². The maximum atomic E-state index is 3.46. The highest BCUT2D eigenvalue weighted by atomic mass is 15.1. The molecule has 0 spiro atoms. The van der Waals surface area contributed by atoms with E-state index in [1.165, 1.54) is 64.0 Å². The van der Waals surface area contributed by atoms with E-state index in [4.69, 9.17) is 0 Å². The van der Waals surface area contributed by atoms with Gasteiger partial charge in [-0.05, 0) is 62.7 Å². The van der Waals surface area contributed by atoms with Crippen molar-refractivity contribution in [2.45, 2.75) is 32.1 Å². The van der Waals surface area contributed by atoms with E-state index in [1.807, 2.05) is 0 Å². The summed E-state index contributed by atoms with van der Waals surface area (Å²) >= 11 is 0. The molecule has 2 aliphatic rings. The van der Waals surface area contributed by atoms with Gasteiger partial charge in [0.05, 0.1) is 0 Å². The molecule has 0 amide bonds. The zero-order chi connectivity index (χ0) is 12.2. The summed E-state index contributed by atoms with van der Waals surface area (Å²) in [5.41, 5.74) is 3.08. The van der Waals surface area contributed by atoms with Gasteiger partial charge >= 0.3 is 0 Å². The zero-order valence-corrected chi connectivity index (χ0v) is 11.2. The smallest absolute Gasteiger partial charge is 0.0398 e. The summed E-state index contributed by atoms with van der Waals surface area (Å²) in [6.07, 6.45) is 6.68. The molecule has 2 fully saturated rings. The van der Waals surface area contributed by atoms with Crippen molar-refractivity contribution in [3.63, 3.8) is 0 Å². The highest BCUT2D eigenvalue weighted by molar-refractivity contribution is 5.54. The van der Waals surface area contributed by atoms with Crippen molar-refractivity contribution in [1.29, 1.82) is 0 Å². The number of hydrogen-bond donors (Lipinski definition) is 1. The number of rotatable bonds is 3. The Labute approximate surface area is 110 Å². The molecule has 1 aromatic carbocycles. The number of nitrogens with one attached hydrogen (secondary N) is 1. The van der Waals surface area contributed by atoms with E-state index in [0.29, 0.717) is 0 Å². The summed E-state index contributed by atoms with van der Waals surface area (Å²) in [5, 5.41) is 3.46. The lowest BCUT2D eigenvalue weighted by Gasteiger charge is -2.26. The molecule has 0 bridgehead atoms. The van der Waals surface area contributed by atoms with E-state index < -0.39 is 0 Å². The summed E-state index contributed by atoms with van der Waals surface area (Å²) in [6, 6.07) is 9.06. The van der Waals surface area contributed by atoms with Crippen LogP contribution in [0.15, 0.2) is 24.3 Å². The van der Waals surface area contributed by atoms with Crippen LogP contribution in [0, 0.1) is 5.92 Å². The van der Waals surface area contributed by atoms with Gasteiger partial charge < -0.3 is 10.2 Å². The van der Waals surface area contributed by atoms with Gasteiger partial charge in [0.15, 0.2) is 0 Å². The molecule has 18 heavy (non-hydrogen) atoms. The standard InChI is InChI=1S/C16H24N2/c1-2-6-16(18-11-3-4-12-18)15(5-1)13-14-7-9-17-10-8-14/h1-2,5-6,14,17H,3-4,7-13H2. The molecular formula is C16H24N2. The molecule has 0 atom stereocenters. The van der Waals surface area contributed by atoms with E-state index in [1.54, 1.807) is 5.56 Å². The molecule has 0 unspecified atom stereocenters. The van der Waals surface area contributed by atoms with Gasteiger partial charge in [0.1, 0.15) is 0 Å². The van der Waals surface area contributed by atoms with Crippen molar-refractivity contribution >= 4 is 5.69 Å². The van der Waals surface area contributed by atoms with Crippen LogP contribution in [0.1, 0.15) is 31.2 Å². The first-order valence-corrected chi connectivity index (χ1v) is 7.47. The average molecular weight is 244 g/mol. The Morgan fingerprint density at radius 1 is 1.06 bits per heavy atom. The third kappa shape index (κ3) is 2.69. The van der Waals surface area contributed by atoms with Crippen molar-refractivity contribution in [2.24, 2.45) is 5.92 Å². The third-order valence-corrected chi connectivity index (χ3v) is 4.41. The van der Waals surface area contributed by atoms with Gasteiger partial charge in [-0.1, -0.05) is 18.2 Å². The van der Waals surface area contributed by atoms with Gasteiger partial charge in [-0.2, -0.15) is 0 Å². The SMILES string of the molecule is c1ccc(N2CCCC2)c(CC2CCNCC2)c1. The predicted octanol–water partition coefficient (Wildman–Crippen LogP) is 2.83. The largest absolute Gasteiger partial charge is 0.371 e. The molecular weight excluding hydrogens is 220 g/mol. The first-order valence-electron chi connectivity index (χ1n) is 7.47. The number of anilines is 1. The van der Waals surface area contributed by atoms with Crippen LogP contribution in [-0.4, -0.2) is 26.2 Å². The second-order valence-corrected chi connectivity index (χ2v) is 5.72. The van der Waals surface area contributed by atoms with Crippen LogP contribution in [-0.2, 0) is 6.42 Å². The first kappa shape index (κ1) is 12.0. The molecule has 2 saturated heterocycles. The van der Waals surface area contributed by atoms with Gasteiger partial charge in [0, 0.05) is 18.8 Å². The van der Waals surface area contributed by atoms with Crippen LogP contribution in [0.4, 0.5) is 5.69 Å². The summed E-state index contributed by atoms with van der Waals surface area (Å²) in [4.78, 5) is 2.58. The normalized spacial score (nSPS) is 21.4. The lowest BCUT2D eigenvalue weighted by atomic mass is 9.90. The molecule has 3 rings (SSSR count). The topological polar surface area (TPSA) is 15.3 Å². The van der Waals surface area contributed by atoms with E-state index in [2.05, 4.69) is 34.5 Å². The van der Waals surface area contributed by atoms with Crippen molar-refractivity contribution < 1.29 is 0 Å². The van der Waals surface area contributed by atoms with Crippen molar-refractivity contribution in [3.8, 4) is 0 Å². The monoisotopic (exact) mass is 244 g/mol. The van der Waals surface area contributed by atoms with Crippen LogP contribution >= 0.6 is 0 Å². The quantitative estimate of drug-likeness (QED) is 0.879. The van der Waals surface area contributed by atoms with Gasteiger partial charge in [-0.15, -0.1) is 0 Å². The Morgan fingerprint density at radius 2 is 1.78 bits per heavy atom. The van der Waals surface area contributed by atoms with Gasteiger partial charge in [-0.25, -0.2) is 0 Å². The average Bonchev–Trinajstić information content (AvgIpc) is 2.94. The van der Waals surface area contributed by atoms with E-state index in [0.717, 1.165) is 5.92 Å². The molecule has 2 heterocycles. The number of hydrogen-bond acceptors (Lipinski definition) is 2. The Bertz CT molecular complexity index is 376. The summed E-state index contributed by atoms with van der Waals surface area (Å²) in [7, 11) is 0. The van der Waals surface area contributed by atoms with E-state index >= 15 is 0 Å². The number of piperidine rings is 1. The Kier molecular flexibility index (Phi) is 3.84. The molecule has 0 radical (unpaired) electrons. The van der Waals surface area contributed by atoms with Crippen molar-refractivity contribution in [3.05, 3.63) is 29.8 Å². The Morgan fingerprint density at radius 3 is 2.56 bits per heavy atom. The second kappa shape index (κ2) is 5.75. The molecule has 98 valence electrons. The minimum Gasteiger partial charge on any atom is -0.371 e. The van der Waals surface area contributed by atoms with Crippen LogP contribution in [0.5, 0.6) is 0 Å². The highest BCUT2D eigenvalue weighted by Crippen LogP contribution is 2.28. The molecule has 2 heteroatoms.